The quantitative estimate of drug-likeness (QED) is 0.848. The molecule has 1 saturated heterocycles. The zero-order valence-electron chi connectivity index (χ0n) is 11.4. The Balaban J connectivity index is 1.74. The van der Waals surface area contributed by atoms with Crippen LogP contribution < -0.4 is 0 Å². The molecule has 19 heavy (non-hydrogen) atoms. The summed E-state index contributed by atoms with van der Waals surface area (Å²) >= 11 is 0. The first-order chi connectivity index (χ1) is 9.08. The standard InChI is InChI=1S/C15H21NO3/c1-9-3-2-4-11(9)14(17)16-7-12(10-5-6-10)13(8-16)15(18)19/h10,12-13H,2-8H2,1H3,(H,18,19)/t12-,13+/m1/s1. The van der Waals surface area contributed by atoms with Gasteiger partial charge in [0.2, 0.25) is 5.91 Å². The lowest BCUT2D eigenvalue weighted by Crippen LogP contribution is -2.31. The molecule has 0 aromatic heterocycles. The minimum Gasteiger partial charge on any atom is -0.481 e. The van der Waals surface area contributed by atoms with E-state index < -0.39 is 5.97 Å². The number of carboxylic acid groups (broad SMARTS) is 1. The molecule has 0 radical (unpaired) electrons. The second-order valence-corrected chi connectivity index (χ2v) is 6.27. The Morgan fingerprint density at radius 2 is 1.95 bits per heavy atom. The summed E-state index contributed by atoms with van der Waals surface area (Å²) in [5, 5.41) is 9.33. The van der Waals surface area contributed by atoms with Gasteiger partial charge in [0.05, 0.1) is 5.92 Å². The number of carboxylic acids is 1. The highest BCUT2D eigenvalue weighted by Crippen LogP contribution is 2.44. The molecule has 0 spiro atoms. The summed E-state index contributed by atoms with van der Waals surface area (Å²) in [6.45, 7) is 3.09. The van der Waals surface area contributed by atoms with Gasteiger partial charge in [0.1, 0.15) is 0 Å². The van der Waals surface area contributed by atoms with Crippen LogP contribution in [-0.2, 0) is 9.59 Å². The lowest BCUT2D eigenvalue weighted by atomic mass is 9.92. The predicted molar refractivity (Wildman–Crippen MR) is 70.5 cm³/mol. The third-order valence-electron chi connectivity index (χ3n) is 4.95. The largest absolute Gasteiger partial charge is 0.481 e. The molecule has 2 atom stereocenters. The van der Waals surface area contributed by atoms with Crippen molar-refractivity contribution in [3.8, 4) is 0 Å². The first-order valence-electron chi connectivity index (χ1n) is 7.28. The van der Waals surface area contributed by atoms with Crippen LogP contribution in [-0.4, -0.2) is 35.0 Å². The maximum atomic E-state index is 12.5. The highest BCUT2D eigenvalue weighted by molar-refractivity contribution is 5.95. The van der Waals surface area contributed by atoms with E-state index in [1.54, 1.807) is 4.90 Å². The van der Waals surface area contributed by atoms with Crippen molar-refractivity contribution < 1.29 is 14.7 Å². The van der Waals surface area contributed by atoms with Crippen molar-refractivity contribution in [2.45, 2.75) is 39.0 Å². The number of allylic oxidation sites excluding steroid dienone is 1. The van der Waals surface area contributed by atoms with Crippen molar-refractivity contribution in [2.75, 3.05) is 13.1 Å². The summed E-state index contributed by atoms with van der Waals surface area (Å²) in [5.74, 6) is -0.256. The van der Waals surface area contributed by atoms with E-state index in [1.807, 2.05) is 6.92 Å². The van der Waals surface area contributed by atoms with Gasteiger partial charge in [-0.1, -0.05) is 5.57 Å². The van der Waals surface area contributed by atoms with E-state index in [9.17, 15) is 14.7 Å². The van der Waals surface area contributed by atoms with Crippen LogP contribution in [0.1, 0.15) is 39.0 Å². The topological polar surface area (TPSA) is 57.6 Å². The number of likely N-dealkylation sites (tertiary alicyclic amines) is 1. The Labute approximate surface area is 113 Å². The molecule has 104 valence electrons. The summed E-state index contributed by atoms with van der Waals surface area (Å²) in [4.78, 5) is 25.6. The van der Waals surface area contributed by atoms with E-state index >= 15 is 0 Å². The van der Waals surface area contributed by atoms with Crippen molar-refractivity contribution in [3.05, 3.63) is 11.1 Å². The molecule has 2 fully saturated rings. The molecule has 1 N–H and O–H groups in total. The van der Waals surface area contributed by atoms with E-state index in [0.29, 0.717) is 19.0 Å². The van der Waals surface area contributed by atoms with Crippen LogP contribution in [0.25, 0.3) is 0 Å². The molecule has 3 aliphatic rings. The van der Waals surface area contributed by atoms with Crippen LogP contribution in [0.15, 0.2) is 11.1 Å². The van der Waals surface area contributed by atoms with Crippen molar-refractivity contribution >= 4 is 11.9 Å². The molecule has 3 rings (SSSR count). The smallest absolute Gasteiger partial charge is 0.308 e. The van der Waals surface area contributed by atoms with Gasteiger partial charge >= 0.3 is 5.97 Å². The van der Waals surface area contributed by atoms with E-state index in [0.717, 1.165) is 37.7 Å². The monoisotopic (exact) mass is 263 g/mol. The van der Waals surface area contributed by atoms with Gasteiger partial charge in [0.25, 0.3) is 0 Å². The van der Waals surface area contributed by atoms with Gasteiger partial charge in [0.15, 0.2) is 0 Å². The summed E-state index contributed by atoms with van der Waals surface area (Å²) < 4.78 is 0. The number of carbonyl (C=O) groups excluding carboxylic acids is 1. The lowest BCUT2D eigenvalue weighted by Gasteiger charge is -2.17. The van der Waals surface area contributed by atoms with Crippen molar-refractivity contribution in [1.29, 1.82) is 0 Å². The zero-order chi connectivity index (χ0) is 13.6. The minimum absolute atomic E-state index is 0.101. The number of hydrogen-bond acceptors (Lipinski definition) is 2. The van der Waals surface area contributed by atoms with Crippen LogP contribution >= 0.6 is 0 Å². The number of hydrogen-bond donors (Lipinski definition) is 1. The van der Waals surface area contributed by atoms with Crippen LogP contribution in [0.2, 0.25) is 0 Å². The molecule has 0 aromatic carbocycles. The van der Waals surface area contributed by atoms with Gasteiger partial charge in [-0.25, -0.2) is 0 Å². The highest BCUT2D eigenvalue weighted by atomic mass is 16.4. The number of nitrogens with zero attached hydrogens (tertiary/aromatic N) is 1. The average molecular weight is 263 g/mol. The van der Waals surface area contributed by atoms with Crippen LogP contribution in [0, 0.1) is 17.8 Å². The number of amides is 1. The third kappa shape index (κ3) is 2.28. The maximum absolute atomic E-state index is 12.5. The molecule has 1 aliphatic heterocycles. The molecule has 1 amide bonds. The SMILES string of the molecule is CC1=C(C(=O)N2C[C@H](C(=O)O)[C@@H](C3CC3)C2)CCC1. The van der Waals surface area contributed by atoms with Gasteiger partial charge < -0.3 is 10.0 Å². The maximum Gasteiger partial charge on any atom is 0.308 e. The summed E-state index contributed by atoms with van der Waals surface area (Å²) in [5.41, 5.74) is 2.15. The normalized spacial score (nSPS) is 31.1. The Bertz CT molecular complexity index is 450. The fraction of sp³-hybridized carbons (Fsp3) is 0.733. The molecule has 4 heteroatoms. The molecule has 1 saturated carbocycles. The Kier molecular flexibility index (Phi) is 3.11. The number of aliphatic carboxylic acids is 1. The number of carbonyl (C=O) groups is 2. The first-order valence-corrected chi connectivity index (χ1v) is 7.28. The Hall–Kier alpha value is -1.32. The molecule has 4 nitrogen and oxygen atoms in total. The van der Waals surface area contributed by atoms with Gasteiger partial charge in [0, 0.05) is 18.7 Å². The van der Waals surface area contributed by atoms with Crippen LogP contribution in [0.4, 0.5) is 0 Å². The van der Waals surface area contributed by atoms with E-state index in [1.165, 1.54) is 5.57 Å². The second kappa shape index (κ2) is 4.66. The molecule has 0 aromatic rings. The predicted octanol–water partition coefficient (Wildman–Crippen LogP) is 2.06. The molecular formula is C15H21NO3. The molecule has 0 unspecified atom stereocenters. The summed E-state index contributed by atoms with van der Waals surface area (Å²) in [6, 6.07) is 0. The van der Waals surface area contributed by atoms with Gasteiger partial charge in [-0.3, -0.25) is 9.59 Å². The summed E-state index contributed by atoms with van der Waals surface area (Å²) in [7, 11) is 0. The first kappa shape index (κ1) is 12.7. The van der Waals surface area contributed by atoms with E-state index in [2.05, 4.69) is 0 Å². The van der Waals surface area contributed by atoms with Crippen LogP contribution in [0.3, 0.4) is 0 Å². The van der Waals surface area contributed by atoms with Gasteiger partial charge in [-0.05, 0) is 50.9 Å². The fourth-order valence-corrected chi connectivity index (χ4v) is 3.63. The second-order valence-electron chi connectivity index (χ2n) is 6.27. The third-order valence-corrected chi connectivity index (χ3v) is 4.95. The Morgan fingerprint density at radius 3 is 2.47 bits per heavy atom. The zero-order valence-corrected chi connectivity index (χ0v) is 11.4. The summed E-state index contributed by atoms with van der Waals surface area (Å²) in [6.07, 6.45) is 5.22. The lowest BCUT2D eigenvalue weighted by molar-refractivity contribution is -0.142. The van der Waals surface area contributed by atoms with Gasteiger partial charge in [-0.15, -0.1) is 0 Å². The van der Waals surface area contributed by atoms with Crippen LogP contribution in [0.5, 0.6) is 0 Å². The van der Waals surface area contributed by atoms with Crippen molar-refractivity contribution in [3.63, 3.8) is 0 Å². The molecule has 1 heterocycles. The van der Waals surface area contributed by atoms with Crippen molar-refractivity contribution in [2.24, 2.45) is 17.8 Å². The Morgan fingerprint density at radius 1 is 1.21 bits per heavy atom. The van der Waals surface area contributed by atoms with Crippen molar-refractivity contribution in [1.82, 2.24) is 4.90 Å². The molecule has 0 bridgehead atoms. The molecule has 2 aliphatic carbocycles. The average Bonchev–Trinajstić information content (AvgIpc) is 2.97. The minimum atomic E-state index is -0.732. The molecular weight excluding hydrogens is 242 g/mol. The highest BCUT2D eigenvalue weighted by Gasteiger charge is 2.47. The number of rotatable bonds is 3. The fourth-order valence-electron chi connectivity index (χ4n) is 3.63. The van der Waals surface area contributed by atoms with Gasteiger partial charge in [-0.2, -0.15) is 0 Å². The van der Waals surface area contributed by atoms with E-state index in [-0.39, 0.29) is 17.7 Å². The van der Waals surface area contributed by atoms with E-state index in [4.69, 9.17) is 0 Å².